The molecular weight excluding hydrogens is 282 g/mol. The van der Waals surface area contributed by atoms with Crippen LogP contribution < -0.4 is 10.9 Å². The Kier molecular flexibility index (Phi) is 2.53. The van der Waals surface area contributed by atoms with Crippen molar-refractivity contribution in [2.75, 3.05) is 0 Å². The van der Waals surface area contributed by atoms with E-state index in [-0.39, 0.29) is 29.3 Å². The molecule has 108 valence electrons. The van der Waals surface area contributed by atoms with Crippen LogP contribution in [0.3, 0.4) is 0 Å². The number of phenols is 1. The second-order valence-electron chi connectivity index (χ2n) is 5.04. The standard InChI is InChI=1S/C16H11N3O3/c20-12-7-3-5-10-14(12)18-13-8-17-15(21)9-4-1-2-6-11(9)19(13)16(10)22/h1-7,20H,8H2,(H,17,21). The summed E-state index contributed by atoms with van der Waals surface area (Å²) in [6.45, 7) is 0.118. The molecule has 0 saturated carbocycles. The number of aromatic nitrogens is 2. The SMILES string of the molecule is O=C1NCc2nc3c(O)cccc3c(=O)n2-c2ccccc21. The van der Waals surface area contributed by atoms with Crippen LogP contribution in [0.5, 0.6) is 5.75 Å². The molecule has 0 aliphatic carbocycles. The van der Waals surface area contributed by atoms with E-state index in [1.54, 1.807) is 36.4 Å². The maximum absolute atomic E-state index is 12.8. The first-order chi connectivity index (χ1) is 10.7. The van der Waals surface area contributed by atoms with Gasteiger partial charge in [-0.05, 0) is 24.3 Å². The van der Waals surface area contributed by atoms with Gasteiger partial charge < -0.3 is 10.4 Å². The molecule has 3 aromatic rings. The van der Waals surface area contributed by atoms with E-state index in [0.29, 0.717) is 22.5 Å². The normalized spacial score (nSPS) is 13.2. The van der Waals surface area contributed by atoms with Crippen molar-refractivity contribution < 1.29 is 9.90 Å². The Labute approximate surface area is 124 Å². The van der Waals surface area contributed by atoms with Gasteiger partial charge in [0.1, 0.15) is 17.1 Å². The summed E-state index contributed by atoms with van der Waals surface area (Å²) in [5.41, 5.74) is 0.854. The van der Waals surface area contributed by atoms with Crippen molar-refractivity contribution in [2.45, 2.75) is 6.54 Å². The topological polar surface area (TPSA) is 84.2 Å². The lowest BCUT2D eigenvalue weighted by Gasteiger charge is -2.12. The van der Waals surface area contributed by atoms with E-state index < -0.39 is 0 Å². The Hall–Kier alpha value is -3.15. The van der Waals surface area contributed by atoms with Crippen LogP contribution in [0.15, 0.2) is 47.3 Å². The predicted molar refractivity (Wildman–Crippen MR) is 80.2 cm³/mol. The molecule has 2 heterocycles. The second kappa shape index (κ2) is 4.42. The van der Waals surface area contributed by atoms with Crippen molar-refractivity contribution in [3.8, 4) is 11.4 Å². The van der Waals surface area contributed by atoms with Crippen molar-refractivity contribution in [3.63, 3.8) is 0 Å². The van der Waals surface area contributed by atoms with Gasteiger partial charge in [0.15, 0.2) is 0 Å². The Bertz CT molecular complexity index is 992. The molecule has 2 N–H and O–H groups in total. The number of carbonyl (C=O) groups excluding carboxylic acids is 1. The molecule has 0 spiro atoms. The molecule has 6 heteroatoms. The Balaban J connectivity index is 2.18. The highest BCUT2D eigenvalue weighted by molar-refractivity contribution is 5.98. The first-order valence-electron chi connectivity index (χ1n) is 6.78. The van der Waals surface area contributed by atoms with Gasteiger partial charge in [-0.15, -0.1) is 0 Å². The Morgan fingerprint density at radius 2 is 1.91 bits per heavy atom. The third kappa shape index (κ3) is 1.64. The highest BCUT2D eigenvalue weighted by Crippen LogP contribution is 2.23. The number of hydrogen-bond donors (Lipinski definition) is 2. The highest BCUT2D eigenvalue weighted by atomic mass is 16.3. The maximum Gasteiger partial charge on any atom is 0.266 e. The third-order valence-electron chi connectivity index (χ3n) is 3.74. The maximum atomic E-state index is 12.8. The second-order valence-corrected chi connectivity index (χ2v) is 5.04. The highest BCUT2D eigenvalue weighted by Gasteiger charge is 2.22. The monoisotopic (exact) mass is 293 g/mol. The van der Waals surface area contributed by atoms with E-state index >= 15 is 0 Å². The Morgan fingerprint density at radius 3 is 2.77 bits per heavy atom. The minimum absolute atomic E-state index is 0.0538. The minimum Gasteiger partial charge on any atom is -0.506 e. The number of fused-ring (bicyclic) bond motifs is 4. The summed E-state index contributed by atoms with van der Waals surface area (Å²) < 4.78 is 1.43. The van der Waals surface area contributed by atoms with E-state index in [9.17, 15) is 14.7 Å². The number of aromatic hydroxyl groups is 1. The predicted octanol–water partition coefficient (Wildman–Crippen LogP) is 1.33. The van der Waals surface area contributed by atoms with Gasteiger partial charge >= 0.3 is 0 Å². The summed E-state index contributed by atoms with van der Waals surface area (Å²) in [7, 11) is 0. The van der Waals surface area contributed by atoms with Gasteiger partial charge in [-0.2, -0.15) is 0 Å². The number of nitrogens with zero attached hydrogens (tertiary/aromatic N) is 2. The number of carbonyl (C=O) groups is 1. The van der Waals surface area contributed by atoms with Gasteiger partial charge in [0.05, 0.1) is 23.2 Å². The van der Waals surface area contributed by atoms with Crippen molar-refractivity contribution in [2.24, 2.45) is 0 Å². The van der Waals surface area contributed by atoms with Crippen LogP contribution in [0.25, 0.3) is 16.6 Å². The zero-order valence-corrected chi connectivity index (χ0v) is 11.4. The molecule has 0 atom stereocenters. The number of rotatable bonds is 0. The van der Waals surface area contributed by atoms with E-state index in [2.05, 4.69) is 10.3 Å². The molecule has 0 bridgehead atoms. The fourth-order valence-corrected chi connectivity index (χ4v) is 2.72. The lowest BCUT2D eigenvalue weighted by molar-refractivity contribution is 0.0952. The van der Waals surface area contributed by atoms with Gasteiger partial charge in [0, 0.05) is 0 Å². The zero-order valence-electron chi connectivity index (χ0n) is 11.4. The van der Waals surface area contributed by atoms with Gasteiger partial charge in [-0.25, -0.2) is 4.98 Å². The van der Waals surface area contributed by atoms with Crippen LogP contribution in [0, 0.1) is 0 Å². The molecule has 1 aliphatic rings. The number of para-hydroxylation sites is 2. The third-order valence-corrected chi connectivity index (χ3v) is 3.74. The number of hydrogen-bond acceptors (Lipinski definition) is 4. The number of phenolic OH excluding ortho intramolecular Hbond substituents is 1. The average Bonchev–Trinajstić information content (AvgIpc) is 2.67. The van der Waals surface area contributed by atoms with E-state index in [4.69, 9.17) is 0 Å². The number of nitrogens with one attached hydrogen (secondary N) is 1. The average molecular weight is 293 g/mol. The van der Waals surface area contributed by atoms with Crippen LogP contribution in [-0.2, 0) is 6.54 Å². The summed E-state index contributed by atoms with van der Waals surface area (Å²) in [6.07, 6.45) is 0. The van der Waals surface area contributed by atoms with Gasteiger partial charge in [0.25, 0.3) is 11.5 Å². The summed E-state index contributed by atoms with van der Waals surface area (Å²) >= 11 is 0. The number of amides is 1. The quantitative estimate of drug-likeness (QED) is 0.655. The molecule has 0 saturated heterocycles. The largest absolute Gasteiger partial charge is 0.506 e. The first-order valence-corrected chi connectivity index (χ1v) is 6.78. The van der Waals surface area contributed by atoms with Gasteiger partial charge in [-0.3, -0.25) is 14.2 Å². The molecule has 0 unspecified atom stereocenters. The molecule has 1 aliphatic heterocycles. The molecule has 2 aromatic carbocycles. The van der Waals surface area contributed by atoms with Crippen LogP contribution in [0.1, 0.15) is 16.2 Å². The molecular formula is C16H11N3O3. The van der Waals surface area contributed by atoms with Gasteiger partial charge in [-0.1, -0.05) is 18.2 Å². The molecule has 22 heavy (non-hydrogen) atoms. The summed E-state index contributed by atoms with van der Waals surface area (Å²) in [5.74, 6) is 0.0768. The summed E-state index contributed by atoms with van der Waals surface area (Å²) in [4.78, 5) is 29.3. The van der Waals surface area contributed by atoms with Crippen LogP contribution in [0.4, 0.5) is 0 Å². The molecule has 0 fully saturated rings. The van der Waals surface area contributed by atoms with Crippen molar-refractivity contribution in [1.82, 2.24) is 14.9 Å². The Morgan fingerprint density at radius 1 is 1.09 bits per heavy atom. The zero-order chi connectivity index (χ0) is 15.3. The van der Waals surface area contributed by atoms with Crippen LogP contribution in [0.2, 0.25) is 0 Å². The van der Waals surface area contributed by atoms with Crippen LogP contribution in [-0.4, -0.2) is 20.6 Å². The molecule has 6 nitrogen and oxygen atoms in total. The lowest BCUT2D eigenvalue weighted by atomic mass is 10.1. The fraction of sp³-hybridized carbons (Fsp3) is 0.0625. The summed E-state index contributed by atoms with van der Waals surface area (Å²) in [5, 5.41) is 13.0. The van der Waals surface area contributed by atoms with Gasteiger partial charge in [0.2, 0.25) is 0 Å². The molecule has 0 radical (unpaired) electrons. The van der Waals surface area contributed by atoms with E-state index in [1.165, 1.54) is 10.6 Å². The van der Waals surface area contributed by atoms with Crippen molar-refractivity contribution in [3.05, 3.63) is 64.2 Å². The smallest absolute Gasteiger partial charge is 0.266 e. The number of benzene rings is 2. The minimum atomic E-state index is -0.306. The van der Waals surface area contributed by atoms with Crippen LogP contribution >= 0.6 is 0 Å². The van der Waals surface area contributed by atoms with Crippen molar-refractivity contribution >= 4 is 16.8 Å². The van der Waals surface area contributed by atoms with Crippen molar-refractivity contribution in [1.29, 1.82) is 0 Å². The fourth-order valence-electron chi connectivity index (χ4n) is 2.72. The molecule has 1 aromatic heterocycles. The van der Waals surface area contributed by atoms with E-state index in [0.717, 1.165) is 0 Å². The lowest BCUT2D eigenvalue weighted by Crippen LogP contribution is -2.25. The molecule has 1 amide bonds. The molecule has 4 rings (SSSR count). The summed E-state index contributed by atoms with van der Waals surface area (Å²) in [6, 6.07) is 11.6. The van der Waals surface area contributed by atoms with E-state index in [1.807, 2.05) is 0 Å². The first kappa shape index (κ1) is 12.6.